The van der Waals surface area contributed by atoms with Crippen molar-refractivity contribution < 1.29 is 19.1 Å². The molecule has 33 heavy (non-hydrogen) atoms. The number of halogens is 1. The quantitative estimate of drug-likeness (QED) is 0.679. The minimum atomic E-state index is -0.557. The molecule has 1 saturated heterocycles. The molecule has 1 N–H and O–H groups in total. The minimum Gasteiger partial charge on any atom is -0.450 e. The normalized spacial score (nSPS) is 14.8. The highest BCUT2D eigenvalue weighted by atomic mass is 35.5. The van der Waals surface area contributed by atoms with Crippen LogP contribution in [0.2, 0.25) is 5.02 Å². The molecule has 1 unspecified atom stereocenters. The van der Waals surface area contributed by atoms with Crippen LogP contribution in [0.5, 0.6) is 0 Å². The van der Waals surface area contributed by atoms with Crippen molar-refractivity contribution in [3.63, 3.8) is 0 Å². The Morgan fingerprint density at radius 2 is 1.73 bits per heavy atom. The maximum atomic E-state index is 13.0. The summed E-state index contributed by atoms with van der Waals surface area (Å²) in [6.07, 6.45) is 1.29. The average molecular weight is 480 g/mol. The summed E-state index contributed by atoms with van der Waals surface area (Å²) >= 11 is 6.15. The second-order valence-electron chi connectivity index (χ2n) is 7.99. The zero-order valence-electron chi connectivity index (χ0n) is 19.6. The zero-order chi connectivity index (χ0) is 24.3. The van der Waals surface area contributed by atoms with E-state index in [4.69, 9.17) is 16.3 Å². The summed E-state index contributed by atoms with van der Waals surface area (Å²) in [5.41, 5.74) is 2.52. The molecule has 0 aliphatic carbocycles. The van der Waals surface area contributed by atoms with Gasteiger partial charge in [0.2, 0.25) is 11.8 Å². The van der Waals surface area contributed by atoms with Crippen LogP contribution >= 0.6 is 11.6 Å². The fourth-order valence-electron chi connectivity index (χ4n) is 3.66. The zero-order valence-corrected chi connectivity index (χ0v) is 20.3. The molecule has 2 aromatic heterocycles. The van der Waals surface area contributed by atoms with E-state index in [0.717, 1.165) is 5.69 Å². The van der Waals surface area contributed by atoms with Crippen molar-refractivity contribution in [1.82, 2.24) is 29.4 Å². The second-order valence-corrected chi connectivity index (χ2v) is 8.36. The van der Waals surface area contributed by atoms with Crippen molar-refractivity contribution in [3.05, 3.63) is 28.3 Å². The molecule has 0 aromatic carbocycles. The number of piperazine rings is 1. The van der Waals surface area contributed by atoms with E-state index in [1.165, 1.54) is 0 Å². The number of anilines is 1. The smallest absolute Gasteiger partial charge is 0.409 e. The van der Waals surface area contributed by atoms with E-state index in [2.05, 4.69) is 15.5 Å². The van der Waals surface area contributed by atoms with Gasteiger partial charge in [-0.25, -0.2) is 4.79 Å². The van der Waals surface area contributed by atoms with Gasteiger partial charge in [-0.1, -0.05) is 11.6 Å². The molecule has 12 heteroatoms. The largest absolute Gasteiger partial charge is 0.450 e. The van der Waals surface area contributed by atoms with Crippen LogP contribution < -0.4 is 5.32 Å². The molecule has 2 aromatic rings. The van der Waals surface area contributed by atoms with Crippen LogP contribution in [0.1, 0.15) is 37.0 Å². The summed E-state index contributed by atoms with van der Waals surface area (Å²) in [4.78, 5) is 40.7. The van der Waals surface area contributed by atoms with E-state index in [1.54, 1.807) is 60.0 Å². The second kappa shape index (κ2) is 10.2. The van der Waals surface area contributed by atoms with Gasteiger partial charge in [-0.2, -0.15) is 10.2 Å². The number of hydrogen-bond acceptors (Lipinski definition) is 6. The third-order valence-electron chi connectivity index (χ3n) is 5.65. The number of aromatic nitrogens is 4. The summed E-state index contributed by atoms with van der Waals surface area (Å²) in [5.74, 6) is -0.370. The van der Waals surface area contributed by atoms with Crippen LogP contribution in [-0.4, -0.2) is 80.1 Å². The van der Waals surface area contributed by atoms with Crippen molar-refractivity contribution in [2.75, 3.05) is 38.1 Å². The van der Waals surface area contributed by atoms with Gasteiger partial charge in [0, 0.05) is 32.4 Å². The van der Waals surface area contributed by atoms with Crippen LogP contribution in [0.25, 0.3) is 0 Å². The van der Waals surface area contributed by atoms with Gasteiger partial charge in [-0.3, -0.25) is 19.0 Å². The van der Waals surface area contributed by atoms with Gasteiger partial charge >= 0.3 is 6.09 Å². The van der Waals surface area contributed by atoms with Gasteiger partial charge in [-0.15, -0.1) is 0 Å². The molecule has 1 aliphatic rings. The predicted molar refractivity (Wildman–Crippen MR) is 122 cm³/mol. The van der Waals surface area contributed by atoms with Crippen molar-refractivity contribution in [1.29, 1.82) is 0 Å². The Bertz CT molecular complexity index is 1040. The SMILES string of the molecule is CCOC(=O)N1CCN(C(=O)C(C)n2cc(NC(=O)Cn3nc(C)c(Cl)c3C)c(C)n2)CC1. The van der Waals surface area contributed by atoms with Crippen LogP contribution in [0.15, 0.2) is 6.20 Å². The molecule has 0 saturated carbocycles. The first-order chi connectivity index (χ1) is 15.6. The molecule has 3 rings (SSSR count). The maximum Gasteiger partial charge on any atom is 0.409 e. The summed E-state index contributed by atoms with van der Waals surface area (Å²) in [6, 6.07) is -0.557. The Kier molecular flexibility index (Phi) is 7.62. The van der Waals surface area contributed by atoms with Crippen LogP contribution in [0, 0.1) is 20.8 Å². The van der Waals surface area contributed by atoms with Crippen molar-refractivity contribution >= 4 is 35.2 Å². The molecule has 1 atom stereocenters. The number of aryl methyl sites for hydroxylation is 2. The monoisotopic (exact) mass is 479 g/mol. The van der Waals surface area contributed by atoms with E-state index in [1.807, 2.05) is 0 Å². The highest BCUT2D eigenvalue weighted by Crippen LogP contribution is 2.21. The van der Waals surface area contributed by atoms with Gasteiger partial charge in [0.1, 0.15) is 12.6 Å². The molecule has 0 spiro atoms. The fraction of sp³-hybridized carbons (Fsp3) is 0.571. The lowest BCUT2D eigenvalue weighted by molar-refractivity contribution is -0.136. The molecule has 3 amide bonds. The summed E-state index contributed by atoms with van der Waals surface area (Å²) in [5, 5.41) is 12.1. The fourth-order valence-corrected chi connectivity index (χ4v) is 3.79. The van der Waals surface area contributed by atoms with Crippen LogP contribution in [0.3, 0.4) is 0 Å². The number of carbonyl (C=O) groups is 3. The van der Waals surface area contributed by atoms with Gasteiger partial charge in [0.25, 0.3) is 0 Å². The van der Waals surface area contributed by atoms with Crippen LogP contribution in [-0.2, 0) is 20.9 Å². The number of nitrogens with zero attached hydrogens (tertiary/aromatic N) is 6. The van der Waals surface area contributed by atoms with Gasteiger partial charge in [-0.05, 0) is 34.6 Å². The number of carbonyl (C=O) groups excluding carboxylic acids is 3. The molecule has 180 valence electrons. The molecule has 1 fully saturated rings. The third kappa shape index (κ3) is 5.47. The molecule has 0 bridgehead atoms. The maximum absolute atomic E-state index is 13.0. The van der Waals surface area contributed by atoms with E-state index >= 15 is 0 Å². The van der Waals surface area contributed by atoms with Gasteiger partial charge < -0.3 is 19.9 Å². The number of ether oxygens (including phenoxy) is 1. The molecule has 11 nitrogen and oxygen atoms in total. The predicted octanol–water partition coefficient (Wildman–Crippen LogP) is 2.16. The average Bonchev–Trinajstić information content (AvgIpc) is 3.27. The first kappa shape index (κ1) is 24.6. The minimum absolute atomic E-state index is 0.0171. The van der Waals surface area contributed by atoms with Gasteiger partial charge in [0.15, 0.2) is 0 Å². The molecule has 1 aliphatic heterocycles. The van der Waals surface area contributed by atoms with E-state index < -0.39 is 6.04 Å². The molecular weight excluding hydrogens is 450 g/mol. The number of nitrogens with one attached hydrogen (secondary N) is 1. The lowest BCUT2D eigenvalue weighted by Crippen LogP contribution is -2.52. The first-order valence-electron chi connectivity index (χ1n) is 10.9. The third-order valence-corrected chi connectivity index (χ3v) is 6.20. The Morgan fingerprint density at radius 1 is 1.09 bits per heavy atom. The standard InChI is InChI=1S/C21H30ClN7O4/c1-6-33-21(32)27-9-7-26(8-10-27)20(31)16(5)28-11-17(13(2)24-28)23-18(30)12-29-15(4)19(22)14(3)25-29/h11,16H,6-10,12H2,1-5H3,(H,23,30). The lowest BCUT2D eigenvalue weighted by atomic mass is 10.2. The van der Waals surface area contributed by atoms with E-state index in [9.17, 15) is 14.4 Å². The van der Waals surface area contributed by atoms with Gasteiger partial charge in [0.05, 0.1) is 34.4 Å². The highest BCUT2D eigenvalue weighted by molar-refractivity contribution is 6.31. The van der Waals surface area contributed by atoms with Crippen molar-refractivity contribution in [2.45, 2.75) is 47.2 Å². The van der Waals surface area contributed by atoms with Crippen molar-refractivity contribution in [3.8, 4) is 0 Å². The number of rotatable bonds is 6. The Balaban J connectivity index is 1.59. The summed E-state index contributed by atoms with van der Waals surface area (Å²) < 4.78 is 8.11. The molecule has 3 heterocycles. The number of hydrogen-bond donors (Lipinski definition) is 1. The summed E-state index contributed by atoms with van der Waals surface area (Å²) in [6.45, 7) is 10.9. The highest BCUT2D eigenvalue weighted by Gasteiger charge is 2.29. The topological polar surface area (TPSA) is 115 Å². The molecule has 0 radical (unpaired) electrons. The number of amides is 3. The van der Waals surface area contributed by atoms with E-state index in [0.29, 0.717) is 54.9 Å². The van der Waals surface area contributed by atoms with Crippen molar-refractivity contribution in [2.24, 2.45) is 0 Å². The lowest BCUT2D eigenvalue weighted by Gasteiger charge is -2.35. The van der Waals surface area contributed by atoms with E-state index in [-0.39, 0.29) is 24.5 Å². The van der Waals surface area contributed by atoms with Crippen LogP contribution in [0.4, 0.5) is 10.5 Å². The Labute approximate surface area is 197 Å². The first-order valence-corrected chi connectivity index (χ1v) is 11.3. The summed E-state index contributed by atoms with van der Waals surface area (Å²) in [7, 11) is 0. The molecular formula is C21H30ClN7O4. The Hall–Kier alpha value is -3.08. The Morgan fingerprint density at radius 3 is 2.30 bits per heavy atom.